The maximum Gasteiger partial charge on any atom is 0.121 e. The molecule has 0 aliphatic rings. The number of nitrogens with zero attached hydrogens (tertiary/aromatic N) is 2. The fourth-order valence-electron chi connectivity index (χ4n) is 4.50. The van der Waals surface area contributed by atoms with Gasteiger partial charge in [-0.1, -0.05) is 64.8 Å². The Morgan fingerprint density at radius 3 is 2.59 bits per heavy atom. The normalized spacial score (nSPS) is 12.1. The molecule has 7 heteroatoms. The maximum atomic E-state index is 8.73. The van der Waals surface area contributed by atoms with Gasteiger partial charge in [0.2, 0.25) is 0 Å². The number of pyridine rings is 1. The summed E-state index contributed by atoms with van der Waals surface area (Å²) in [6.07, 6.45) is 0.955. The molecule has 7 nitrogen and oxygen atoms in total. The lowest BCUT2D eigenvalue weighted by Gasteiger charge is -2.20. The molecule has 0 fully saturated rings. The van der Waals surface area contributed by atoms with Gasteiger partial charge in [-0.15, -0.1) is 0 Å². The molecule has 2 N–H and O–H groups in total. The number of aryl methyl sites for hydroxylation is 3. The van der Waals surface area contributed by atoms with Gasteiger partial charge in [0, 0.05) is 23.9 Å². The van der Waals surface area contributed by atoms with Crippen molar-refractivity contribution in [2.75, 3.05) is 13.7 Å². The summed E-state index contributed by atoms with van der Waals surface area (Å²) in [5.41, 5.74) is 6.73. The largest absolute Gasteiger partial charge is 0.399 e. The highest BCUT2D eigenvalue weighted by atomic mass is 17.5. The van der Waals surface area contributed by atoms with Crippen LogP contribution >= 0.6 is 0 Å². The second-order valence-corrected chi connectivity index (χ2v) is 8.34. The van der Waals surface area contributed by atoms with Crippen LogP contribution in [-0.2, 0) is 34.5 Å². The Morgan fingerprint density at radius 2 is 1.82 bits per heavy atom. The van der Waals surface area contributed by atoms with Crippen molar-refractivity contribution < 1.29 is 20.0 Å². The molecule has 178 valence electrons. The van der Waals surface area contributed by atoms with Crippen LogP contribution in [0.2, 0.25) is 0 Å². The third-order valence-electron chi connectivity index (χ3n) is 6.24. The van der Waals surface area contributed by atoms with Crippen molar-refractivity contribution in [1.82, 2.24) is 9.88 Å². The van der Waals surface area contributed by atoms with Crippen LogP contribution in [0.4, 0.5) is 0 Å². The Hall–Kier alpha value is -3.23. The van der Waals surface area contributed by atoms with Gasteiger partial charge in [-0.2, -0.15) is 0 Å². The van der Waals surface area contributed by atoms with Crippen molar-refractivity contribution >= 4 is 21.8 Å². The number of hydrogen-bond acceptors (Lipinski definition) is 6. The zero-order valence-electron chi connectivity index (χ0n) is 19.9. The van der Waals surface area contributed by atoms with E-state index in [-0.39, 0.29) is 6.61 Å². The number of benzene rings is 3. The van der Waals surface area contributed by atoms with E-state index in [0.717, 1.165) is 58.8 Å². The van der Waals surface area contributed by atoms with Gasteiger partial charge in [0.25, 0.3) is 0 Å². The zero-order valence-corrected chi connectivity index (χ0v) is 19.9. The lowest BCUT2D eigenvalue weighted by Crippen LogP contribution is -2.20. The Morgan fingerprint density at radius 1 is 1.00 bits per heavy atom. The lowest BCUT2D eigenvalue weighted by molar-refractivity contribution is -0.496. The third kappa shape index (κ3) is 4.98. The van der Waals surface area contributed by atoms with Crippen molar-refractivity contribution in [2.45, 2.75) is 40.0 Å². The molecular weight excluding hydrogens is 430 g/mol. The Bertz CT molecular complexity index is 1330. The van der Waals surface area contributed by atoms with E-state index in [1.54, 1.807) is 7.11 Å². The molecule has 0 saturated heterocycles. The molecule has 34 heavy (non-hydrogen) atoms. The first-order valence-electron chi connectivity index (χ1n) is 11.4. The van der Waals surface area contributed by atoms with Gasteiger partial charge in [-0.05, 0) is 55.1 Å². The van der Waals surface area contributed by atoms with E-state index in [4.69, 9.17) is 15.0 Å². The Kier molecular flexibility index (Phi) is 7.92. The van der Waals surface area contributed by atoms with Gasteiger partial charge in [0.1, 0.15) is 19.1 Å². The van der Waals surface area contributed by atoms with Gasteiger partial charge < -0.3 is 14.7 Å². The predicted octanol–water partition coefficient (Wildman–Crippen LogP) is 4.97. The number of fused-ring (bicyclic) bond motifs is 2. The summed E-state index contributed by atoms with van der Waals surface area (Å²) in [7, 11) is 1.55. The molecule has 0 spiro atoms. The summed E-state index contributed by atoms with van der Waals surface area (Å²) >= 11 is 0. The summed E-state index contributed by atoms with van der Waals surface area (Å²) in [4.78, 5) is 10.1. The minimum Gasteiger partial charge on any atom is -0.399 e. The van der Waals surface area contributed by atoms with Crippen LogP contribution in [0.1, 0.15) is 28.7 Å². The first-order chi connectivity index (χ1) is 16.7. The molecule has 3 aromatic carbocycles. The van der Waals surface area contributed by atoms with E-state index < -0.39 is 0 Å². The minimum absolute atomic E-state index is 0.0784. The van der Waals surface area contributed by atoms with Crippen molar-refractivity contribution in [1.29, 1.82) is 0 Å². The molecule has 0 bridgehead atoms. The second kappa shape index (κ2) is 11.3. The van der Waals surface area contributed by atoms with Crippen LogP contribution in [0.5, 0.6) is 0 Å². The number of rotatable bonds is 10. The van der Waals surface area contributed by atoms with Crippen LogP contribution in [0, 0.1) is 13.8 Å². The number of aromatic nitrogens is 1. The van der Waals surface area contributed by atoms with E-state index in [1.165, 1.54) is 16.7 Å². The molecule has 0 aliphatic heterocycles. The summed E-state index contributed by atoms with van der Waals surface area (Å²) in [5.74, 6) is 0. The molecule has 0 unspecified atom stereocenters. The van der Waals surface area contributed by atoms with Gasteiger partial charge in [-0.25, -0.2) is 10.1 Å². The Labute approximate surface area is 199 Å². The standard InChI is InChI=1S/C27H31N3O4/c1-19-13-14-23-26(29-32-3)25-22(18-33-34-31)11-7-12-24(25)30(27(23)20(19)2)16-8-15-28-17-21-9-5-4-6-10-21/h4-7,9-14,28,31H,8,15-18H2,1-3H3. The average Bonchev–Trinajstić information content (AvgIpc) is 2.86. The van der Waals surface area contributed by atoms with E-state index in [0.29, 0.717) is 0 Å². The Balaban J connectivity index is 1.77. The SMILES string of the molecule is CON=c1c2ccc(C)c(C)c2n(CCCNCc2ccccc2)c2cccc(COOO)c12. The molecule has 0 amide bonds. The van der Waals surface area contributed by atoms with Gasteiger partial charge >= 0.3 is 0 Å². The van der Waals surface area contributed by atoms with Crippen LogP contribution in [-0.4, -0.2) is 23.5 Å². The molecule has 0 aliphatic carbocycles. The fourth-order valence-corrected chi connectivity index (χ4v) is 4.50. The second-order valence-electron chi connectivity index (χ2n) is 8.34. The highest BCUT2D eigenvalue weighted by molar-refractivity contribution is 5.96. The van der Waals surface area contributed by atoms with Crippen LogP contribution < -0.4 is 10.7 Å². The van der Waals surface area contributed by atoms with Crippen molar-refractivity contribution in [3.05, 3.63) is 88.3 Å². The van der Waals surface area contributed by atoms with Crippen molar-refractivity contribution in [3.63, 3.8) is 0 Å². The molecule has 0 atom stereocenters. The van der Waals surface area contributed by atoms with E-state index in [9.17, 15) is 0 Å². The fraction of sp³-hybridized carbons (Fsp3) is 0.296. The quantitative estimate of drug-likeness (QED) is 0.151. The van der Waals surface area contributed by atoms with E-state index >= 15 is 0 Å². The molecule has 4 aromatic rings. The smallest absolute Gasteiger partial charge is 0.121 e. The van der Waals surface area contributed by atoms with Gasteiger partial charge in [0.15, 0.2) is 0 Å². The summed E-state index contributed by atoms with van der Waals surface area (Å²) in [6.45, 7) is 6.92. The van der Waals surface area contributed by atoms with Crippen LogP contribution in [0.25, 0.3) is 21.8 Å². The van der Waals surface area contributed by atoms with Gasteiger partial charge in [-0.3, -0.25) is 0 Å². The van der Waals surface area contributed by atoms with E-state index in [1.807, 2.05) is 18.2 Å². The van der Waals surface area contributed by atoms with Crippen LogP contribution in [0.15, 0.2) is 65.8 Å². The molecule has 0 saturated carbocycles. The highest BCUT2D eigenvalue weighted by Crippen LogP contribution is 2.27. The first kappa shape index (κ1) is 23.9. The first-order valence-corrected chi connectivity index (χ1v) is 11.4. The molecular formula is C27H31N3O4. The molecule has 0 radical (unpaired) electrons. The van der Waals surface area contributed by atoms with Crippen molar-refractivity contribution in [3.8, 4) is 0 Å². The summed E-state index contributed by atoms with van der Waals surface area (Å²) in [5, 5.41) is 23.2. The molecule has 1 heterocycles. The number of nitrogens with one attached hydrogen (secondary N) is 1. The summed E-state index contributed by atoms with van der Waals surface area (Å²) < 4.78 is 2.36. The average molecular weight is 462 g/mol. The van der Waals surface area contributed by atoms with Crippen LogP contribution in [0.3, 0.4) is 0 Å². The zero-order chi connectivity index (χ0) is 23.9. The molecule has 1 aromatic heterocycles. The molecule has 4 rings (SSSR count). The predicted molar refractivity (Wildman–Crippen MR) is 133 cm³/mol. The number of hydrogen-bond donors (Lipinski definition) is 2. The topological polar surface area (TPSA) is 77.2 Å². The minimum atomic E-state index is 0.0784. The van der Waals surface area contributed by atoms with Crippen molar-refractivity contribution in [2.24, 2.45) is 5.16 Å². The highest BCUT2D eigenvalue weighted by Gasteiger charge is 2.16. The third-order valence-corrected chi connectivity index (χ3v) is 6.24. The monoisotopic (exact) mass is 461 g/mol. The van der Waals surface area contributed by atoms with Gasteiger partial charge in [0.05, 0.1) is 11.0 Å². The summed E-state index contributed by atoms with van der Waals surface area (Å²) in [6, 6.07) is 20.6. The van der Waals surface area contributed by atoms with E-state index in [2.05, 4.69) is 76.4 Å². The maximum absolute atomic E-state index is 8.73. The lowest BCUT2D eigenvalue weighted by atomic mass is 9.99.